The number of carbonyl (C=O) groups is 1. The fourth-order valence-corrected chi connectivity index (χ4v) is 5.04. The van der Waals surface area contributed by atoms with Gasteiger partial charge in [0.05, 0.1) is 7.11 Å². The predicted molar refractivity (Wildman–Crippen MR) is 124 cm³/mol. The molecule has 34 heavy (non-hydrogen) atoms. The van der Waals surface area contributed by atoms with Crippen LogP contribution in [0.4, 0.5) is 13.2 Å². The molecule has 0 radical (unpaired) electrons. The number of ether oxygens (including phenoxy) is 3. The van der Waals surface area contributed by atoms with E-state index >= 15 is 0 Å². The van der Waals surface area contributed by atoms with Crippen molar-refractivity contribution >= 4 is 5.97 Å². The highest BCUT2D eigenvalue weighted by molar-refractivity contribution is 5.69. The Hall–Kier alpha value is -1.96. The van der Waals surface area contributed by atoms with Crippen LogP contribution in [0.3, 0.4) is 0 Å². The Morgan fingerprint density at radius 2 is 1.88 bits per heavy atom. The summed E-state index contributed by atoms with van der Waals surface area (Å²) in [6, 6.07) is 3.52. The zero-order valence-electron chi connectivity index (χ0n) is 20.9. The molecule has 0 aromatic heterocycles. The molecule has 1 aromatic carbocycles. The Labute approximate surface area is 200 Å². The van der Waals surface area contributed by atoms with Gasteiger partial charge in [-0.15, -0.1) is 0 Å². The summed E-state index contributed by atoms with van der Waals surface area (Å²) < 4.78 is 54.5. The summed E-state index contributed by atoms with van der Waals surface area (Å²) in [6.07, 6.45) is -0.722. The number of rotatable bonds is 9. The summed E-state index contributed by atoms with van der Waals surface area (Å²) >= 11 is 0. The lowest BCUT2D eigenvalue weighted by atomic mass is 9.79. The van der Waals surface area contributed by atoms with E-state index in [0.717, 1.165) is 43.5 Å². The zero-order chi connectivity index (χ0) is 25.0. The average Bonchev–Trinajstić information content (AvgIpc) is 2.74. The molecule has 0 amide bonds. The molecule has 2 aliphatic heterocycles. The highest BCUT2D eigenvalue weighted by Crippen LogP contribution is 2.44. The number of alkyl halides is 3. The SMILES string of the molecule is COc1cc2c(cc1OCC(F)(F)F)CCN1C[C@@H](CCC(C)C)[C@H](OC(=O)CC(C)C)C[C@H]21. The van der Waals surface area contributed by atoms with Gasteiger partial charge in [0, 0.05) is 37.9 Å². The van der Waals surface area contributed by atoms with E-state index in [-0.39, 0.29) is 35.7 Å². The van der Waals surface area contributed by atoms with Gasteiger partial charge in [-0.05, 0) is 47.9 Å². The van der Waals surface area contributed by atoms with E-state index in [9.17, 15) is 18.0 Å². The minimum atomic E-state index is -4.42. The van der Waals surface area contributed by atoms with E-state index in [2.05, 4.69) is 18.7 Å². The highest BCUT2D eigenvalue weighted by atomic mass is 19.4. The van der Waals surface area contributed by atoms with Crippen molar-refractivity contribution in [3.63, 3.8) is 0 Å². The minimum absolute atomic E-state index is 0.0291. The largest absolute Gasteiger partial charge is 0.493 e. The van der Waals surface area contributed by atoms with E-state index in [1.165, 1.54) is 7.11 Å². The number of carbonyl (C=O) groups excluding carboxylic acids is 1. The first-order chi connectivity index (χ1) is 16.0. The molecule has 2 aliphatic rings. The van der Waals surface area contributed by atoms with Crippen LogP contribution < -0.4 is 9.47 Å². The lowest BCUT2D eigenvalue weighted by Crippen LogP contribution is -2.49. The van der Waals surface area contributed by atoms with Gasteiger partial charge in [0.2, 0.25) is 0 Å². The average molecular weight is 486 g/mol. The van der Waals surface area contributed by atoms with Crippen LogP contribution in [0.1, 0.15) is 70.5 Å². The van der Waals surface area contributed by atoms with Crippen LogP contribution in [0.15, 0.2) is 12.1 Å². The molecule has 192 valence electrons. The molecular formula is C26H38F3NO4. The second-order valence-electron chi connectivity index (χ2n) is 10.5. The van der Waals surface area contributed by atoms with Crippen molar-refractivity contribution < 1.29 is 32.2 Å². The summed E-state index contributed by atoms with van der Waals surface area (Å²) in [6.45, 7) is 8.70. The van der Waals surface area contributed by atoms with Crippen LogP contribution in [0.2, 0.25) is 0 Å². The van der Waals surface area contributed by atoms with Crippen LogP contribution in [0.25, 0.3) is 0 Å². The van der Waals surface area contributed by atoms with Crippen molar-refractivity contribution in [1.29, 1.82) is 0 Å². The van der Waals surface area contributed by atoms with E-state index in [4.69, 9.17) is 14.2 Å². The molecule has 8 heteroatoms. The third-order valence-electron chi connectivity index (χ3n) is 6.71. The van der Waals surface area contributed by atoms with Gasteiger partial charge in [-0.25, -0.2) is 0 Å². The zero-order valence-corrected chi connectivity index (χ0v) is 20.9. The number of esters is 1. The number of benzene rings is 1. The number of hydrogen-bond acceptors (Lipinski definition) is 5. The van der Waals surface area contributed by atoms with E-state index in [1.54, 1.807) is 12.1 Å². The summed E-state index contributed by atoms with van der Waals surface area (Å²) in [4.78, 5) is 15.0. The number of halogens is 3. The first-order valence-electron chi connectivity index (χ1n) is 12.3. The van der Waals surface area contributed by atoms with E-state index in [0.29, 0.717) is 24.5 Å². The van der Waals surface area contributed by atoms with Gasteiger partial charge in [-0.1, -0.05) is 34.1 Å². The van der Waals surface area contributed by atoms with Crippen LogP contribution in [-0.4, -0.2) is 50.0 Å². The smallest absolute Gasteiger partial charge is 0.422 e. The lowest BCUT2D eigenvalue weighted by molar-refractivity contribution is -0.158. The van der Waals surface area contributed by atoms with Gasteiger partial charge in [0.15, 0.2) is 18.1 Å². The Kier molecular flexibility index (Phi) is 8.77. The summed E-state index contributed by atoms with van der Waals surface area (Å²) in [5.41, 5.74) is 1.99. The summed E-state index contributed by atoms with van der Waals surface area (Å²) in [7, 11) is 1.43. The Morgan fingerprint density at radius 3 is 2.50 bits per heavy atom. The highest BCUT2D eigenvalue weighted by Gasteiger charge is 2.41. The second kappa shape index (κ2) is 11.2. The third kappa shape index (κ3) is 7.03. The molecule has 0 N–H and O–H groups in total. The molecule has 2 heterocycles. The van der Waals surface area contributed by atoms with Crippen LogP contribution in [0, 0.1) is 17.8 Å². The number of fused-ring (bicyclic) bond motifs is 3. The molecule has 0 aliphatic carbocycles. The molecule has 1 aromatic rings. The maximum Gasteiger partial charge on any atom is 0.422 e. The maximum absolute atomic E-state index is 12.7. The number of nitrogens with zero attached hydrogens (tertiary/aromatic N) is 1. The molecule has 1 fully saturated rings. The third-order valence-corrected chi connectivity index (χ3v) is 6.71. The lowest BCUT2D eigenvalue weighted by Gasteiger charge is -2.47. The van der Waals surface area contributed by atoms with Crippen molar-refractivity contribution in [3.8, 4) is 11.5 Å². The molecule has 5 nitrogen and oxygen atoms in total. The quantitative estimate of drug-likeness (QED) is 0.405. The van der Waals surface area contributed by atoms with Crippen molar-refractivity contribution in [2.45, 2.75) is 78.1 Å². The second-order valence-corrected chi connectivity index (χ2v) is 10.5. The first-order valence-corrected chi connectivity index (χ1v) is 12.3. The van der Waals surface area contributed by atoms with Gasteiger partial charge < -0.3 is 14.2 Å². The fraction of sp³-hybridized carbons (Fsp3) is 0.731. The standard InChI is InChI=1S/C26H38F3NO4/c1-16(2)6-7-19-14-30-9-8-18-11-24(33-15-26(27,28)29)23(32-5)12-20(18)21(30)13-22(19)34-25(31)10-17(3)4/h11-12,16-17,19,21-22H,6-10,13-15H2,1-5H3/t19-,21-,22-/m1/s1. The summed E-state index contributed by atoms with van der Waals surface area (Å²) in [5, 5.41) is 0. The van der Waals surface area contributed by atoms with Gasteiger partial charge >= 0.3 is 12.1 Å². The van der Waals surface area contributed by atoms with Crippen molar-refractivity contribution in [2.75, 3.05) is 26.8 Å². The molecule has 0 saturated carbocycles. The van der Waals surface area contributed by atoms with Crippen LogP contribution in [-0.2, 0) is 16.0 Å². The molecule has 0 bridgehead atoms. The van der Waals surface area contributed by atoms with E-state index < -0.39 is 12.8 Å². The predicted octanol–water partition coefficient (Wildman–Crippen LogP) is 5.95. The van der Waals surface area contributed by atoms with Gasteiger partial charge in [0.1, 0.15) is 6.10 Å². The van der Waals surface area contributed by atoms with Crippen LogP contribution in [0.5, 0.6) is 11.5 Å². The van der Waals surface area contributed by atoms with Gasteiger partial charge in [-0.2, -0.15) is 13.2 Å². The van der Waals surface area contributed by atoms with Gasteiger partial charge in [0.25, 0.3) is 0 Å². The normalized spacial score (nSPS) is 22.9. The van der Waals surface area contributed by atoms with Crippen molar-refractivity contribution in [3.05, 3.63) is 23.3 Å². The molecule has 1 saturated heterocycles. The Morgan fingerprint density at radius 1 is 1.15 bits per heavy atom. The molecule has 0 unspecified atom stereocenters. The molecule has 3 atom stereocenters. The fourth-order valence-electron chi connectivity index (χ4n) is 5.04. The molecule has 3 rings (SSSR count). The number of piperidine rings is 1. The Bertz CT molecular complexity index is 840. The summed E-state index contributed by atoms with van der Waals surface area (Å²) in [5.74, 6) is 1.32. The van der Waals surface area contributed by atoms with Crippen molar-refractivity contribution in [1.82, 2.24) is 4.90 Å². The molecule has 0 spiro atoms. The first kappa shape index (κ1) is 26.6. The minimum Gasteiger partial charge on any atom is -0.493 e. The van der Waals surface area contributed by atoms with E-state index in [1.807, 2.05) is 13.8 Å². The van der Waals surface area contributed by atoms with Crippen LogP contribution >= 0.6 is 0 Å². The van der Waals surface area contributed by atoms with Gasteiger partial charge in [-0.3, -0.25) is 9.69 Å². The number of hydrogen-bond donors (Lipinski definition) is 0. The molecular weight excluding hydrogens is 447 g/mol. The van der Waals surface area contributed by atoms with Crippen molar-refractivity contribution in [2.24, 2.45) is 17.8 Å². The number of methoxy groups -OCH3 is 1. The maximum atomic E-state index is 12.7. The Balaban J connectivity index is 1.84. The topological polar surface area (TPSA) is 48.0 Å². The monoisotopic (exact) mass is 485 g/mol.